The van der Waals surface area contributed by atoms with Crippen LogP contribution in [0, 0.1) is 11.8 Å². The molecular weight excluding hydrogens is 152 g/mol. The Labute approximate surface area is 72.3 Å². The maximum Gasteiger partial charge on any atom is 0.162 e. The van der Waals surface area contributed by atoms with Gasteiger partial charge in [-0.25, -0.2) is 0 Å². The normalized spacial score (nSPS) is 30.1. The molecular formula is C10H14O2. The molecule has 0 radical (unpaired) electrons. The third-order valence-electron chi connectivity index (χ3n) is 2.79. The van der Waals surface area contributed by atoms with E-state index >= 15 is 0 Å². The number of aliphatic hydroxyl groups is 1. The van der Waals surface area contributed by atoms with E-state index in [-0.39, 0.29) is 11.7 Å². The highest BCUT2D eigenvalue weighted by atomic mass is 16.3. The quantitative estimate of drug-likeness (QED) is 0.682. The van der Waals surface area contributed by atoms with Crippen molar-refractivity contribution in [1.29, 1.82) is 0 Å². The molecule has 2 heteroatoms. The van der Waals surface area contributed by atoms with E-state index in [0.29, 0.717) is 18.1 Å². The van der Waals surface area contributed by atoms with Gasteiger partial charge in [-0.05, 0) is 25.2 Å². The summed E-state index contributed by atoms with van der Waals surface area (Å²) in [5, 5.41) is 9.56. The molecule has 1 atom stereocenters. The summed E-state index contributed by atoms with van der Waals surface area (Å²) in [6, 6.07) is 0. The van der Waals surface area contributed by atoms with Gasteiger partial charge in [-0.2, -0.15) is 0 Å². The van der Waals surface area contributed by atoms with Gasteiger partial charge >= 0.3 is 0 Å². The van der Waals surface area contributed by atoms with Crippen molar-refractivity contribution in [3.63, 3.8) is 0 Å². The summed E-state index contributed by atoms with van der Waals surface area (Å²) in [4.78, 5) is 11.3. The molecule has 1 N–H and O–H groups in total. The Bertz CT molecular complexity index is 249. The van der Waals surface area contributed by atoms with Gasteiger partial charge in [0.1, 0.15) is 5.76 Å². The predicted octanol–water partition coefficient (Wildman–Crippen LogP) is 2.21. The zero-order chi connectivity index (χ0) is 8.72. The van der Waals surface area contributed by atoms with Crippen LogP contribution in [-0.4, -0.2) is 10.9 Å². The first-order valence-electron chi connectivity index (χ1n) is 4.63. The van der Waals surface area contributed by atoms with E-state index in [0.717, 1.165) is 12.0 Å². The van der Waals surface area contributed by atoms with Crippen LogP contribution in [-0.2, 0) is 4.79 Å². The number of allylic oxidation sites excluding steroid dienone is 2. The molecule has 0 aromatic carbocycles. The predicted molar refractivity (Wildman–Crippen MR) is 45.8 cm³/mol. The van der Waals surface area contributed by atoms with Crippen molar-refractivity contribution >= 4 is 5.78 Å². The largest absolute Gasteiger partial charge is 0.512 e. The Hall–Kier alpha value is -0.790. The van der Waals surface area contributed by atoms with E-state index in [4.69, 9.17) is 0 Å². The van der Waals surface area contributed by atoms with E-state index < -0.39 is 0 Å². The number of hydrogen-bond donors (Lipinski definition) is 1. The van der Waals surface area contributed by atoms with Crippen molar-refractivity contribution in [3.8, 4) is 0 Å². The van der Waals surface area contributed by atoms with Gasteiger partial charge in [-0.1, -0.05) is 6.92 Å². The number of rotatable bonds is 2. The molecule has 0 heterocycles. The van der Waals surface area contributed by atoms with Crippen molar-refractivity contribution in [3.05, 3.63) is 11.3 Å². The van der Waals surface area contributed by atoms with Crippen molar-refractivity contribution in [2.24, 2.45) is 11.8 Å². The Kier molecular flexibility index (Phi) is 1.71. The lowest BCUT2D eigenvalue weighted by atomic mass is 10.1. The summed E-state index contributed by atoms with van der Waals surface area (Å²) in [6.45, 7) is 1.91. The number of carbonyl (C=O) groups is 1. The summed E-state index contributed by atoms with van der Waals surface area (Å²) in [5.74, 6) is 1.31. The van der Waals surface area contributed by atoms with E-state index in [2.05, 4.69) is 0 Å². The second-order valence-corrected chi connectivity index (χ2v) is 4.04. The molecule has 1 unspecified atom stereocenters. The first-order chi connectivity index (χ1) is 5.68. The molecule has 0 aromatic rings. The topological polar surface area (TPSA) is 37.3 Å². The zero-order valence-corrected chi connectivity index (χ0v) is 7.34. The average molecular weight is 166 g/mol. The van der Waals surface area contributed by atoms with Crippen molar-refractivity contribution in [2.45, 2.75) is 32.6 Å². The molecule has 0 aliphatic heterocycles. The number of aliphatic hydroxyl groups excluding tert-OH is 1. The number of ketones is 1. The molecule has 0 spiro atoms. The minimum absolute atomic E-state index is 0.0752. The second-order valence-electron chi connectivity index (χ2n) is 4.04. The lowest BCUT2D eigenvalue weighted by molar-refractivity contribution is -0.115. The van der Waals surface area contributed by atoms with Crippen LogP contribution in [0.3, 0.4) is 0 Å². The van der Waals surface area contributed by atoms with Gasteiger partial charge in [0.25, 0.3) is 0 Å². The zero-order valence-electron chi connectivity index (χ0n) is 7.34. The van der Waals surface area contributed by atoms with Gasteiger partial charge in [0, 0.05) is 17.9 Å². The Morgan fingerprint density at radius 2 is 2.17 bits per heavy atom. The van der Waals surface area contributed by atoms with Crippen LogP contribution in [0.4, 0.5) is 0 Å². The molecule has 1 saturated carbocycles. The summed E-state index contributed by atoms with van der Waals surface area (Å²) in [5.41, 5.74) is 0.727. The van der Waals surface area contributed by atoms with Gasteiger partial charge in [0.05, 0.1) is 0 Å². The van der Waals surface area contributed by atoms with Crippen LogP contribution in [0.15, 0.2) is 11.3 Å². The Morgan fingerprint density at radius 1 is 1.50 bits per heavy atom. The fourth-order valence-corrected chi connectivity index (χ4v) is 1.77. The highest BCUT2D eigenvalue weighted by Gasteiger charge is 2.33. The molecule has 0 saturated heterocycles. The Balaban J connectivity index is 2.12. The van der Waals surface area contributed by atoms with E-state index in [1.807, 2.05) is 6.92 Å². The summed E-state index contributed by atoms with van der Waals surface area (Å²) in [7, 11) is 0. The van der Waals surface area contributed by atoms with Crippen molar-refractivity contribution < 1.29 is 9.90 Å². The van der Waals surface area contributed by atoms with E-state index in [9.17, 15) is 9.90 Å². The van der Waals surface area contributed by atoms with Crippen LogP contribution in [0.2, 0.25) is 0 Å². The van der Waals surface area contributed by atoms with Crippen LogP contribution < -0.4 is 0 Å². The summed E-state index contributed by atoms with van der Waals surface area (Å²) in [6.07, 6.45) is 3.82. The first kappa shape index (κ1) is 7.84. The molecule has 1 fully saturated rings. The highest BCUT2D eigenvalue weighted by Crippen LogP contribution is 2.39. The van der Waals surface area contributed by atoms with E-state index in [1.54, 1.807) is 0 Å². The van der Waals surface area contributed by atoms with Gasteiger partial charge in [0.15, 0.2) is 5.78 Å². The Morgan fingerprint density at radius 3 is 2.58 bits per heavy atom. The molecule has 2 rings (SSSR count). The van der Waals surface area contributed by atoms with Crippen molar-refractivity contribution in [2.75, 3.05) is 0 Å². The third kappa shape index (κ3) is 1.26. The lowest BCUT2D eigenvalue weighted by Gasteiger charge is -2.00. The number of Topliss-reactive ketones (excluding diaryl/α,β-unsaturated/α-hetero) is 1. The SMILES string of the molecule is CC1CC(=O)C(CC2CC2)=C1O. The maximum atomic E-state index is 11.3. The van der Waals surface area contributed by atoms with Crippen molar-refractivity contribution in [1.82, 2.24) is 0 Å². The van der Waals surface area contributed by atoms with Gasteiger partial charge < -0.3 is 5.11 Å². The molecule has 2 aliphatic carbocycles. The summed E-state index contributed by atoms with van der Waals surface area (Å²) < 4.78 is 0. The number of carbonyl (C=O) groups excluding carboxylic acids is 1. The third-order valence-corrected chi connectivity index (χ3v) is 2.79. The van der Waals surface area contributed by atoms with E-state index in [1.165, 1.54) is 12.8 Å². The smallest absolute Gasteiger partial charge is 0.162 e. The molecule has 66 valence electrons. The fraction of sp³-hybridized carbons (Fsp3) is 0.700. The second kappa shape index (κ2) is 2.61. The first-order valence-corrected chi connectivity index (χ1v) is 4.63. The van der Waals surface area contributed by atoms with Gasteiger partial charge in [-0.15, -0.1) is 0 Å². The molecule has 12 heavy (non-hydrogen) atoms. The monoisotopic (exact) mass is 166 g/mol. The minimum Gasteiger partial charge on any atom is -0.512 e. The fourth-order valence-electron chi connectivity index (χ4n) is 1.77. The molecule has 0 aromatic heterocycles. The molecule has 0 amide bonds. The minimum atomic E-state index is 0.0752. The number of hydrogen-bond acceptors (Lipinski definition) is 2. The lowest BCUT2D eigenvalue weighted by Crippen LogP contribution is -1.97. The van der Waals surface area contributed by atoms with Crippen LogP contribution in [0.5, 0.6) is 0 Å². The van der Waals surface area contributed by atoms with Gasteiger partial charge in [0.2, 0.25) is 0 Å². The summed E-state index contributed by atoms with van der Waals surface area (Å²) >= 11 is 0. The molecule has 2 aliphatic rings. The van der Waals surface area contributed by atoms with Crippen LogP contribution in [0.1, 0.15) is 32.6 Å². The van der Waals surface area contributed by atoms with Gasteiger partial charge in [-0.3, -0.25) is 4.79 Å². The van der Waals surface area contributed by atoms with Crippen LogP contribution in [0.25, 0.3) is 0 Å². The standard InChI is InChI=1S/C10H14O2/c1-6-4-9(11)8(10(6)12)5-7-2-3-7/h6-7,12H,2-5H2,1H3. The highest BCUT2D eigenvalue weighted by molar-refractivity contribution is 5.98. The molecule has 2 nitrogen and oxygen atoms in total. The average Bonchev–Trinajstić information content (AvgIpc) is 2.77. The molecule has 0 bridgehead atoms. The van der Waals surface area contributed by atoms with Crippen LogP contribution >= 0.6 is 0 Å². The maximum absolute atomic E-state index is 11.3.